The van der Waals surface area contributed by atoms with Crippen LogP contribution in [0, 0.1) is 5.92 Å². The maximum absolute atomic E-state index is 6.29. The monoisotopic (exact) mass is 395 g/mol. The number of hydrogen-bond acceptors (Lipinski definition) is 6. The van der Waals surface area contributed by atoms with E-state index in [1.54, 1.807) is 0 Å². The van der Waals surface area contributed by atoms with Crippen LogP contribution in [-0.2, 0) is 24.1 Å². The van der Waals surface area contributed by atoms with Gasteiger partial charge >= 0.3 is 0 Å². The smallest absolute Gasteiger partial charge is 0.231 e. The fraction of sp³-hybridized carbons (Fsp3) is 0.455. The highest BCUT2D eigenvalue weighted by molar-refractivity contribution is 7.18. The minimum absolute atomic E-state index is 0.714. The molecule has 0 N–H and O–H groups in total. The fourth-order valence-electron chi connectivity index (χ4n) is 4.06. The number of ether oxygens (including phenoxy) is 2. The van der Waals surface area contributed by atoms with Crippen molar-refractivity contribution < 1.29 is 9.47 Å². The maximum atomic E-state index is 6.29. The summed E-state index contributed by atoms with van der Waals surface area (Å²) in [5.41, 5.74) is 1.40. The van der Waals surface area contributed by atoms with E-state index in [9.17, 15) is 0 Å². The lowest BCUT2D eigenvalue weighted by atomic mass is 9.89. The molecule has 2 aromatic heterocycles. The molecule has 28 heavy (non-hydrogen) atoms. The lowest BCUT2D eigenvalue weighted by molar-refractivity contribution is 0.0330. The summed E-state index contributed by atoms with van der Waals surface area (Å²) >= 11 is 1.83. The molecule has 1 aromatic carbocycles. The molecule has 2 aliphatic rings. The Bertz CT molecular complexity index is 967. The molecule has 0 amide bonds. The molecule has 5 rings (SSSR count). The first kappa shape index (κ1) is 18.0. The molecule has 5 nitrogen and oxygen atoms in total. The molecule has 146 valence electrons. The first-order valence-corrected chi connectivity index (χ1v) is 10.9. The summed E-state index contributed by atoms with van der Waals surface area (Å²) in [6, 6.07) is 9.95. The Morgan fingerprint density at radius 2 is 2.00 bits per heavy atom. The van der Waals surface area contributed by atoms with E-state index in [1.807, 2.05) is 41.7 Å². The van der Waals surface area contributed by atoms with Gasteiger partial charge in [0.05, 0.1) is 25.1 Å². The third-order valence-electron chi connectivity index (χ3n) is 5.59. The largest absolute Gasteiger partial charge is 0.438 e. The molecule has 1 aliphatic heterocycles. The van der Waals surface area contributed by atoms with Gasteiger partial charge in [0, 0.05) is 18.0 Å². The standard InChI is InChI=1S/C22H25N3O2S/c1-15-7-8-17-18(13-15)28-22-20(17)21(27-16-5-3-2-4-6-16)23-19(24-22)14-25-9-11-26-12-10-25/h2-6,15H,7-14H2,1H3/t15-/m1/s1. The number of hydrogen-bond donors (Lipinski definition) is 0. The van der Waals surface area contributed by atoms with E-state index in [2.05, 4.69) is 11.8 Å². The molecule has 1 saturated heterocycles. The molecule has 0 unspecified atom stereocenters. The van der Waals surface area contributed by atoms with E-state index < -0.39 is 0 Å². The summed E-state index contributed by atoms with van der Waals surface area (Å²) in [5.74, 6) is 3.11. The van der Waals surface area contributed by atoms with Gasteiger partial charge in [0.2, 0.25) is 5.88 Å². The number of thiophene rings is 1. The molecule has 0 saturated carbocycles. The predicted molar refractivity (Wildman–Crippen MR) is 111 cm³/mol. The number of nitrogens with zero attached hydrogens (tertiary/aromatic N) is 3. The van der Waals surface area contributed by atoms with Crippen LogP contribution < -0.4 is 4.74 Å². The summed E-state index contributed by atoms with van der Waals surface area (Å²) in [4.78, 5) is 14.7. The van der Waals surface area contributed by atoms with Gasteiger partial charge in [-0.25, -0.2) is 4.98 Å². The van der Waals surface area contributed by atoms with Crippen molar-refractivity contribution in [2.24, 2.45) is 5.92 Å². The average molecular weight is 396 g/mol. The number of benzene rings is 1. The van der Waals surface area contributed by atoms with Crippen molar-refractivity contribution in [1.82, 2.24) is 14.9 Å². The van der Waals surface area contributed by atoms with E-state index in [0.29, 0.717) is 5.88 Å². The number of aryl methyl sites for hydroxylation is 1. The molecule has 3 aromatic rings. The van der Waals surface area contributed by atoms with Crippen molar-refractivity contribution in [3.05, 3.63) is 46.6 Å². The molecule has 0 bridgehead atoms. The molecule has 1 aliphatic carbocycles. The minimum Gasteiger partial charge on any atom is -0.438 e. The Kier molecular flexibility index (Phi) is 5.01. The SMILES string of the molecule is C[C@@H]1CCc2c(sc3nc(CN4CCOCC4)nc(Oc4ccccc4)c23)C1. The summed E-state index contributed by atoms with van der Waals surface area (Å²) in [6.45, 7) is 6.48. The van der Waals surface area contributed by atoms with E-state index in [0.717, 1.165) is 73.4 Å². The Balaban J connectivity index is 1.56. The second-order valence-corrected chi connectivity index (χ2v) is 8.86. The molecule has 6 heteroatoms. The van der Waals surface area contributed by atoms with Gasteiger partial charge in [0.15, 0.2) is 0 Å². The number of rotatable bonds is 4. The fourth-order valence-corrected chi connectivity index (χ4v) is 5.45. The third kappa shape index (κ3) is 3.64. The van der Waals surface area contributed by atoms with Gasteiger partial charge in [0.25, 0.3) is 0 Å². The minimum atomic E-state index is 0.714. The van der Waals surface area contributed by atoms with Crippen molar-refractivity contribution in [2.45, 2.75) is 32.7 Å². The molecule has 0 radical (unpaired) electrons. The van der Waals surface area contributed by atoms with Crippen LogP contribution >= 0.6 is 11.3 Å². The average Bonchev–Trinajstić information content (AvgIpc) is 3.07. The second-order valence-electron chi connectivity index (χ2n) is 7.78. The number of para-hydroxylation sites is 1. The van der Waals surface area contributed by atoms with Crippen molar-refractivity contribution in [1.29, 1.82) is 0 Å². The highest BCUT2D eigenvalue weighted by atomic mass is 32.1. The van der Waals surface area contributed by atoms with Gasteiger partial charge in [-0.1, -0.05) is 25.1 Å². The Hall–Kier alpha value is -2.02. The summed E-state index contributed by atoms with van der Waals surface area (Å²) in [5, 5.41) is 1.13. The van der Waals surface area contributed by atoms with E-state index in [-0.39, 0.29) is 0 Å². The van der Waals surface area contributed by atoms with Gasteiger partial charge in [-0.3, -0.25) is 4.90 Å². The van der Waals surface area contributed by atoms with Crippen molar-refractivity contribution in [3.63, 3.8) is 0 Å². The van der Waals surface area contributed by atoms with Gasteiger partial charge in [-0.2, -0.15) is 4.98 Å². The second kappa shape index (κ2) is 7.78. The molecule has 1 atom stereocenters. The van der Waals surface area contributed by atoms with E-state index in [4.69, 9.17) is 19.4 Å². The van der Waals surface area contributed by atoms with Crippen LogP contribution in [-0.4, -0.2) is 41.2 Å². The predicted octanol–water partition coefficient (Wildman–Crippen LogP) is 4.44. The van der Waals surface area contributed by atoms with Gasteiger partial charge in [-0.15, -0.1) is 11.3 Å². The number of aromatic nitrogens is 2. The summed E-state index contributed by atoms with van der Waals surface area (Å²) < 4.78 is 11.8. The third-order valence-corrected chi connectivity index (χ3v) is 6.74. The normalized spacial score (nSPS) is 20.2. The van der Waals surface area contributed by atoms with Crippen molar-refractivity contribution >= 4 is 21.6 Å². The van der Waals surface area contributed by atoms with Crippen LogP contribution in [0.1, 0.15) is 29.6 Å². The van der Waals surface area contributed by atoms with Crippen LogP contribution in [0.3, 0.4) is 0 Å². The maximum Gasteiger partial charge on any atom is 0.231 e. The van der Waals surface area contributed by atoms with Crippen molar-refractivity contribution in [2.75, 3.05) is 26.3 Å². The molecule has 1 fully saturated rings. The Morgan fingerprint density at radius 1 is 1.18 bits per heavy atom. The Morgan fingerprint density at radius 3 is 2.82 bits per heavy atom. The number of fused-ring (bicyclic) bond motifs is 3. The lowest BCUT2D eigenvalue weighted by Gasteiger charge is -2.25. The van der Waals surface area contributed by atoms with E-state index >= 15 is 0 Å². The summed E-state index contributed by atoms with van der Waals surface area (Å²) in [6.07, 6.45) is 3.45. The topological polar surface area (TPSA) is 47.5 Å². The first-order chi connectivity index (χ1) is 13.8. The van der Waals surface area contributed by atoms with Crippen LogP contribution in [0.4, 0.5) is 0 Å². The zero-order valence-corrected chi connectivity index (χ0v) is 17.0. The quantitative estimate of drug-likeness (QED) is 0.654. The Labute approximate surface area is 169 Å². The highest BCUT2D eigenvalue weighted by Crippen LogP contribution is 2.41. The van der Waals surface area contributed by atoms with Crippen LogP contribution in [0.5, 0.6) is 11.6 Å². The zero-order valence-electron chi connectivity index (χ0n) is 16.2. The number of morpholine rings is 1. The van der Waals surface area contributed by atoms with Gasteiger partial charge in [0.1, 0.15) is 16.4 Å². The first-order valence-electron chi connectivity index (χ1n) is 10.1. The lowest BCUT2D eigenvalue weighted by Crippen LogP contribution is -2.36. The molecular weight excluding hydrogens is 370 g/mol. The van der Waals surface area contributed by atoms with E-state index in [1.165, 1.54) is 16.9 Å². The van der Waals surface area contributed by atoms with Gasteiger partial charge < -0.3 is 9.47 Å². The van der Waals surface area contributed by atoms with Crippen LogP contribution in [0.15, 0.2) is 30.3 Å². The van der Waals surface area contributed by atoms with Gasteiger partial charge in [-0.05, 0) is 42.9 Å². The molecule has 0 spiro atoms. The summed E-state index contributed by atoms with van der Waals surface area (Å²) in [7, 11) is 0. The highest BCUT2D eigenvalue weighted by Gasteiger charge is 2.25. The van der Waals surface area contributed by atoms with Crippen LogP contribution in [0.2, 0.25) is 0 Å². The molecule has 3 heterocycles. The molecular formula is C22H25N3O2S. The zero-order chi connectivity index (χ0) is 18.9. The van der Waals surface area contributed by atoms with Crippen LogP contribution in [0.25, 0.3) is 10.2 Å². The van der Waals surface area contributed by atoms with Crippen molar-refractivity contribution in [3.8, 4) is 11.6 Å².